The number of hydrogen-bond acceptors (Lipinski definition) is 1. The molecular weight excluding hydrogens is 198 g/mol. The second-order valence-electron chi connectivity index (χ2n) is 4.86. The first-order valence-corrected chi connectivity index (χ1v) is 5.55. The predicted molar refractivity (Wildman–Crippen MR) is 66.5 cm³/mol. The van der Waals surface area contributed by atoms with Gasteiger partial charge in [0.25, 0.3) is 0 Å². The molecule has 2 heteroatoms. The van der Waals surface area contributed by atoms with E-state index in [1.807, 2.05) is 23.1 Å². The number of carbonyl (C=O) groups is 1. The van der Waals surface area contributed by atoms with Crippen LogP contribution in [0.4, 0.5) is 5.69 Å². The fourth-order valence-corrected chi connectivity index (χ4v) is 2.56. The van der Waals surface area contributed by atoms with Crippen LogP contribution in [0.15, 0.2) is 35.9 Å². The second-order valence-corrected chi connectivity index (χ2v) is 4.86. The second kappa shape index (κ2) is 3.78. The molecule has 1 heterocycles. The van der Waals surface area contributed by atoms with Gasteiger partial charge in [-0.05, 0) is 32.4 Å². The number of rotatable bonds is 2. The summed E-state index contributed by atoms with van der Waals surface area (Å²) in [5.41, 5.74) is 3.32. The first kappa shape index (κ1) is 10.9. The fourth-order valence-electron chi connectivity index (χ4n) is 2.56. The average Bonchev–Trinajstić information content (AvgIpc) is 2.47. The van der Waals surface area contributed by atoms with Gasteiger partial charge in [-0.15, -0.1) is 0 Å². The Labute approximate surface area is 96.6 Å². The third-order valence-corrected chi connectivity index (χ3v) is 3.05. The molecule has 0 bridgehead atoms. The number of fused-ring (bicyclic) bond motifs is 1. The minimum absolute atomic E-state index is 0.204. The van der Waals surface area contributed by atoms with Crippen molar-refractivity contribution in [3.8, 4) is 0 Å². The van der Waals surface area contributed by atoms with Crippen molar-refractivity contribution >= 4 is 12.1 Å². The molecule has 1 aromatic carbocycles. The van der Waals surface area contributed by atoms with Crippen LogP contribution < -0.4 is 4.90 Å². The maximum Gasteiger partial charge on any atom is 0.214 e. The molecule has 1 aromatic rings. The van der Waals surface area contributed by atoms with E-state index in [1.54, 1.807) is 0 Å². The van der Waals surface area contributed by atoms with E-state index in [9.17, 15) is 4.79 Å². The molecule has 0 aromatic heterocycles. The molecule has 0 saturated carbocycles. The summed E-state index contributed by atoms with van der Waals surface area (Å²) in [6.07, 6.45) is 4.00. The van der Waals surface area contributed by atoms with Gasteiger partial charge in [-0.3, -0.25) is 4.79 Å². The van der Waals surface area contributed by atoms with E-state index in [4.69, 9.17) is 0 Å². The molecular formula is C14H17NO. The lowest BCUT2D eigenvalue weighted by atomic mass is 9.94. The molecule has 1 aliphatic rings. The van der Waals surface area contributed by atoms with Gasteiger partial charge < -0.3 is 4.90 Å². The van der Waals surface area contributed by atoms with Gasteiger partial charge in [0, 0.05) is 12.1 Å². The maximum absolute atomic E-state index is 11.3. The van der Waals surface area contributed by atoms with E-state index in [2.05, 4.69) is 32.9 Å². The lowest BCUT2D eigenvalue weighted by Crippen LogP contribution is -2.41. The SMILES string of the molecule is CC(C)=CC1(C)Cc2ccccc2N1C=O. The highest BCUT2D eigenvalue weighted by Gasteiger charge is 2.37. The van der Waals surface area contributed by atoms with Crippen LogP contribution in [0.5, 0.6) is 0 Å². The number of benzene rings is 1. The third kappa shape index (κ3) is 1.64. The van der Waals surface area contributed by atoms with Crippen molar-refractivity contribution in [2.75, 3.05) is 4.90 Å². The monoisotopic (exact) mass is 215 g/mol. The highest BCUT2D eigenvalue weighted by Crippen LogP contribution is 2.38. The van der Waals surface area contributed by atoms with Crippen molar-refractivity contribution in [2.45, 2.75) is 32.7 Å². The van der Waals surface area contributed by atoms with E-state index in [1.165, 1.54) is 11.1 Å². The summed E-state index contributed by atoms with van der Waals surface area (Å²) in [4.78, 5) is 13.1. The summed E-state index contributed by atoms with van der Waals surface area (Å²) in [5, 5.41) is 0. The van der Waals surface area contributed by atoms with Gasteiger partial charge >= 0.3 is 0 Å². The van der Waals surface area contributed by atoms with Crippen LogP contribution in [0.3, 0.4) is 0 Å². The molecule has 0 aliphatic carbocycles. The number of hydrogen-bond donors (Lipinski definition) is 0. The molecule has 2 nitrogen and oxygen atoms in total. The van der Waals surface area contributed by atoms with E-state index >= 15 is 0 Å². The Kier molecular flexibility index (Phi) is 2.58. The van der Waals surface area contributed by atoms with Gasteiger partial charge in [-0.2, -0.15) is 0 Å². The summed E-state index contributed by atoms with van der Waals surface area (Å²) >= 11 is 0. The van der Waals surface area contributed by atoms with Crippen molar-refractivity contribution in [2.24, 2.45) is 0 Å². The minimum Gasteiger partial charge on any atom is -0.305 e. The van der Waals surface area contributed by atoms with Crippen LogP contribution in [0.1, 0.15) is 26.3 Å². The van der Waals surface area contributed by atoms with Gasteiger partial charge in [0.15, 0.2) is 0 Å². The zero-order valence-corrected chi connectivity index (χ0v) is 10.0. The van der Waals surface area contributed by atoms with Crippen molar-refractivity contribution in [1.82, 2.24) is 0 Å². The first-order valence-electron chi connectivity index (χ1n) is 5.55. The van der Waals surface area contributed by atoms with E-state index < -0.39 is 0 Å². The Bertz CT molecular complexity index is 446. The topological polar surface area (TPSA) is 20.3 Å². The van der Waals surface area contributed by atoms with Gasteiger partial charge in [-0.1, -0.05) is 29.8 Å². The molecule has 0 saturated heterocycles. The number of para-hydroxylation sites is 1. The average molecular weight is 215 g/mol. The van der Waals surface area contributed by atoms with Crippen molar-refractivity contribution in [3.05, 3.63) is 41.5 Å². The number of allylic oxidation sites excluding steroid dienone is 1. The molecule has 0 N–H and O–H groups in total. The lowest BCUT2D eigenvalue weighted by Gasteiger charge is -2.30. The summed E-state index contributed by atoms with van der Waals surface area (Å²) in [7, 11) is 0. The van der Waals surface area contributed by atoms with Crippen LogP contribution in [-0.4, -0.2) is 11.9 Å². The summed E-state index contributed by atoms with van der Waals surface area (Å²) in [6, 6.07) is 8.10. The van der Waals surface area contributed by atoms with Gasteiger partial charge in [0.1, 0.15) is 0 Å². The van der Waals surface area contributed by atoms with Gasteiger partial charge in [-0.25, -0.2) is 0 Å². The smallest absolute Gasteiger partial charge is 0.214 e. The Morgan fingerprint density at radius 3 is 2.69 bits per heavy atom. The summed E-state index contributed by atoms with van der Waals surface area (Å²) < 4.78 is 0. The Balaban J connectivity index is 2.49. The Hall–Kier alpha value is -1.57. The van der Waals surface area contributed by atoms with Gasteiger partial charge in [0.05, 0.1) is 5.54 Å². The highest BCUT2D eigenvalue weighted by atomic mass is 16.1. The van der Waals surface area contributed by atoms with E-state index in [0.29, 0.717) is 0 Å². The molecule has 1 aliphatic heterocycles. The van der Waals surface area contributed by atoms with E-state index in [-0.39, 0.29) is 5.54 Å². The molecule has 16 heavy (non-hydrogen) atoms. The largest absolute Gasteiger partial charge is 0.305 e. The first-order chi connectivity index (χ1) is 7.57. The van der Waals surface area contributed by atoms with Gasteiger partial charge in [0.2, 0.25) is 6.41 Å². The van der Waals surface area contributed by atoms with Crippen molar-refractivity contribution < 1.29 is 4.79 Å². The fraction of sp³-hybridized carbons (Fsp3) is 0.357. The van der Waals surface area contributed by atoms with Crippen molar-refractivity contribution in [3.63, 3.8) is 0 Å². The molecule has 1 unspecified atom stereocenters. The van der Waals surface area contributed by atoms with Crippen LogP contribution in [0.25, 0.3) is 0 Å². The molecule has 0 fully saturated rings. The van der Waals surface area contributed by atoms with Crippen LogP contribution in [0, 0.1) is 0 Å². The zero-order valence-electron chi connectivity index (χ0n) is 10.0. The number of carbonyl (C=O) groups excluding carboxylic acids is 1. The van der Waals surface area contributed by atoms with Crippen LogP contribution >= 0.6 is 0 Å². The maximum atomic E-state index is 11.3. The Morgan fingerprint density at radius 2 is 2.06 bits per heavy atom. The lowest BCUT2D eigenvalue weighted by molar-refractivity contribution is -0.108. The third-order valence-electron chi connectivity index (χ3n) is 3.05. The normalized spacial score (nSPS) is 22.8. The molecule has 1 amide bonds. The number of amides is 1. The molecule has 2 rings (SSSR count). The predicted octanol–water partition coefficient (Wildman–Crippen LogP) is 2.93. The zero-order chi connectivity index (χ0) is 11.8. The molecule has 0 radical (unpaired) electrons. The summed E-state index contributed by atoms with van der Waals surface area (Å²) in [6.45, 7) is 6.24. The minimum atomic E-state index is -0.204. The highest BCUT2D eigenvalue weighted by molar-refractivity contribution is 5.83. The number of nitrogens with zero attached hydrogens (tertiary/aromatic N) is 1. The number of anilines is 1. The Morgan fingerprint density at radius 1 is 1.38 bits per heavy atom. The van der Waals surface area contributed by atoms with Crippen molar-refractivity contribution in [1.29, 1.82) is 0 Å². The van der Waals surface area contributed by atoms with Crippen LogP contribution in [0.2, 0.25) is 0 Å². The molecule has 1 atom stereocenters. The molecule has 84 valence electrons. The van der Waals surface area contributed by atoms with E-state index in [0.717, 1.165) is 18.5 Å². The molecule has 0 spiro atoms. The standard InChI is InChI=1S/C14H17NO/c1-11(2)8-14(3)9-12-6-4-5-7-13(12)15(14)10-16/h4-8,10H,9H2,1-3H3. The summed E-state index contributed by atoms with van der Waals surface area (Å²) in [5.74, 6) is 0. The quantitative estimate of drug-likeness (QED) is 0.548. The van der Waals surface area contributed by atoms with Crippen LogP contribution in [-0.2, 0) is 11.2 Å².